The highest BCUT2D eigenvalue weighted by Crippen LogP contribution is 2.28. The predicted molar refractivity (Wildman–Crippen MR) is 73.6 cm³/mol. The maximum Gasteiger partial charge on any atom is 0.354 e. The Kier molecular flexibility index (Phi) is 3.84. The van der Waals surface area contributed by atoms with Crippen molar-refractivity contribution >= 4 is 44.9 Å². The number of rotatable bonds is 3. The maximum atomic E-state index is 10.7. The smallest absolute Gasteiger partial charge is 0.354 e. The first-order valence-corrected chi connectivity index (χ1v) is 6.15. The molecular weight excluding hydrogens is 320 g/mol. The molecule has 0 bridgehead atoms. The van der Waals surface area contributed by atoms with Crippen molar-refractivity contribution in [1.82, 2.24) is 4.98 Å². The van der Waals surface area contributed by atoms with Crippen molar-refractivity contribution in [1.29, 1.82) is 0 Å². The van der Waals surface area contributed by atoms with Crippen molar-refractivity contribution in [2.75, 3.05) is 5.32 Å². The van der Waals surface area contributed by atoms with Crippen molar-refractivity contribution in [2.45, 2.75) is 0 Å². The summed E-state index contributed by atoms with van der Waals surface area (Å²) in [5.74, 6) is -1.05. The molecule has 6 heteroatoms. The van der Waals surface area contributed by atoms with E-state index in [2.05, 4.69) is 26.2 Å². The lowest BCUT2D eigenvalue weighted by Crippen LogP contribution is -2.00. The fourth-order valence-corrected chi connectivity index (χ4v) is 2.12. The van der Waals surface area contributed by atoms with Gasteiger partial charge < -0.3 is 10.4 Å². The third-order valence-electron chi connectivity index (χ3n) is 2.19. The third-order valence-corrected chi connectivity index (χ3v) is 3.08. The Morgan fingerprint density at radius 2 is 2.11 bits per heavy atom. The van der Waals surface area contributed by atoms with Crippen LogP contribution in [0.15, 0.2) is 41.0 Å². The lowest BCUT2D eigenvalue weighted by atomic mass is 10.3. The molecule has 0 atom stereocenters. The van der Waals surface area contributed by atoms with Crippen molar-refractivity contribution in [2.24, 2.45) is 0 Å². The molecule has 0 radical (unpaired) electrons. The number of pyridine rings is 1. The second-order valence-corrected chi connectivity index (χ2v) is 4.78. The molecule has 0 amide bonds. The first-order valence-electron chi connectivity index (χ1n) is 4.97. The Hall–Kier alpha value is -1.59. The molecule has 0 aliphatic rings. The van der Waals surface area contributed by atoms with Crippen LogP contribution >= 0.6 is 27.5 Å². The Labute approximate surface area is 117 Å². The van der Waals surface area contributed by atoms with Gasteiger partial charge >= 0.3 is 5.97 Å². The van der Waals surface area contributed by atoms with Gasteiger partial charge in [-0.1, -0.05) is 11.6 Å². The van der Waals surface area contributed by atoms with Gasteiger partial charge in [0.2, 0.25) is 0 Å². The minimum atomic E-state index is -1.05. The zero-order valence-electron chi connectivity index (χ0n) is 9.02. The van der Waals surface area contributed by atoms with Crippen molar-refractivity contribution < 1.29 is 9.90 Å². The number of carboxylic acids is 1. The van der Waals surface area contributed by atoms with E-state index >= 15 is 0 Å². The molecule has 0 saturated carbocycles. The molecule has 0 unspecified atom stereocenters. The molecule has 0 fully saturated rings. The van der Waals surface area contributed by atoms with Crippen LogP contribution in [0.4, 0.5) is 11.4 Å². The van der Waals surface area contributed by atoms with Crippen LogP contribution in [0.25, 0.3) is 0 Å². The molecule has 2 rings (SSSR count). The van der Waals surface area contributed by atoms with E-state index < -0.39 is 5.97 Å². The van der Waals surface area contributed by atoms with Gasteiger partial charge in [0.15, 0.2) is 0 Å². The van der Waals surface area contributed by atoms with Crippen LogP contribution in [-0.2, 0) is 0 Å². The van der Waals surface area contributed by atoms with Crippen LogP contribution in [-0.4, -0.2) is 16.1 Å². The van der Waals surface area contributed by atoms with Crippen molar-refractivity contribution in [3.05, 3.63) is 51.7 Å². The number of carbonyl (C=O) groups is 1. The van der Waals surface area contributed by atoms with Crippen LogP contribution in [0.3, 0.4) is 0 Å². The molecule has 18 heavy (non-hydrogen) atoms. The largest absolute Gasteiger partial charge is 0.477 e. The van der Waals surface area contributed by atoms with E-state index in [4.69, 9.17) is 16.7 Å². The average molecular weight is 328 g/mol. The van der Waals surface area contributed by atoms with Crippen LogP contribution < -0.4 is 5.32 Å². The van der Waals surface area contributed by atoms with Crippen LogP contribution in [0.5, 0.6) is 0 Å². The van der Waals surface area contributed by atoms with Gasteiger partial charge in [0.25, 0.3) is 0 Å². The van der Waals surface area contributed by atoms with Gasteiger partial charge in [0, 0.05) is 9.50 Å². The zero-order valence-corrected chi connectivity index (χ0v) is 11.4. The zero-order chi connectivity index (χ0) is 13.1. The molecule has 92 valence electrons. The fraction of sp³-hybridized carbons (Fsp3) is 0. The number of nitrogens with zero attached hydrogens (tertiary/aromatic N) is 1. The standard InChI is InChI=1S/C12H8BrClN2O2/c13-9-5-7(14)1-3-10(9)16-8-2-4-11(12(17)18)15-6-8/h1-6,16H,(H,17,18). The number of aromatic nitrogens is 1. The minimum Gasteiger partial charge on any atom is -0.477 e. The topological polar surface area (TPSA) is 62.2 Å². The monoisotopic (exact) mass is 326 g/mol. The average Bonchev–Trinajstić information content (AvgIpc) is 2.33. The molecule has 1 aromatic heterocycles. The van der Waals surface area contributed by atoms with Gasteiger partial charge in [-0.3, -0.25) is 0 Å². The quantitative estimate of drug-likeness (QED) is 0.896. The second kappa shape index (κ2) is 5.37. The van der Waals surface area contributed by atoms with E-state index in [1.165, 1.54) is 12.3 Å². The van der Waals surface area contributed by atoms with E-state index in [0.29, 0.717) is 10.7 Å². The highest BCUT2D eigenvalue weighted by molar-refractivity contribution is 9.10. The summed E-state index contributed by atoms with van der Waals surface area (Å²) in [6, 6.07) is 8.43. The number of anilines is 2. The van der Waals surface area contributed by atoms with Gasteiger partial charge in [-0.25, -0.2) is 9.78 Å². The van der Waals surface area contributed by atoms with E-state index in [1.807, 2.05) is 6.07 Å². The molecule has 0 saturated heterocycles. The Balaban J connectivity index is 2.21. The maximum absolute atomic E-state index is 10.7. The first-order chi connectivity index (χ1) is 8.56. The van der Waals surface area contributed by atoms with Crippen LogP contribution in [0.1, 0.15) is 10.5 Å². The molecule has 0 aliphatic heterocycles. The molecule has 2 N–H and O–H groups in total. The van der Waals surface area contributed by atoms with Gasteiger partial charge in [-0.2, -0.15) is 0 Å². The summed E-state index contributed by atoms with van der Waals surface area (Å²) < 4.78 is 0.817. The number of hydrogen-bond acceptors (Lipinski definition) is 3. The summed E-state index contributed by atoms with van der Waals surface area (Å²) in [5, 5.41) is 12.5. The molecule has 0 spiro atoms. The molecular formula is C12H8BrClN2O2. The molecule has 4 nitrogen and oxygen atoms in total. The van der Waals surface area contributed by atoms with Crippen molar-refractivity contribution in [3.63, 3.8) is 0 Å². The third kappa shape index (κ3) is 3.00. The van der Waals surface area contributed by atoms with Crippen molar-refractivity contribution in [3.8, 4) is 0 Å². The number of nitrogens with one attached hydrogen (secondary N) is 1. The number of hydrogen-bond donors (Lipinski definition) is 2. The first kappa shape index (κ1) is 12.9. The Bertz CT molecular complexity index is 587. The van der Waals surface area contributed by atoms with Crippen LogP contribution in [0, 0.1) is 0 Å². The van der Waals surface area contributed by atoms with E-state index in [0.717, 1.165) is 10.2 Å². The van der Waals surface area contributed by atoms with E-state index in [-0.39, 0.29) is 5.69 Å². The van der Waals surface area contributed by atoms with E-state index in [9.17, 15) is 4.79 Å². The second-order valence-electron chi connectivity index (χ2n) is 3.49. The van der Waals surface area contributed by atoms with Gasteiger partial charge in [0.05, 0.1) is 17.6 Å². The highest BCUT2D eigenvalue weighted by atomic mass is 79.9. The number of halogens is 2. The summed E-state index contributed by atoms with van der Waals surface area (Å²) in [4.78, 5) is 14.5. The predicted octanol–water partition coefficient (Wildman–Crippen LogP) is 3.94. The fourth-order valence-electron chi connectivity index (χ4n) is 1.34. The minimum absolute atomic E-state index is 0.00993. The van der Waals surface area contributed by atoms with Gasteiger partial charge in [-0.05, 0) is 46.3 Å². The lowest BCUT2D eigenvalue weighted by Gasteiger charge is -2.08. The summed E-state index contributed by atoms with van der Waals surface area (Å²) in [7, 11) is 0. The lowest BCUT2D eigenvalue weighted by molar-refractivity contribution is 0.0690. The van der Waals surface area contributed by atoms with E-state index in [1.54, 1.807) is 18.2 Å². The van der Waals surface area contributed by atoms with Gasteiger partial charge in [0.1, 0.15) is 5.69 Å². The number of carboxylic acid groups (broad SMARTS) is 1. The van der Waals surface area contributed by atoms with Gasteiger partial charge in [-0.15, -0.1) is 0 Å². The summed E-state index contributed by atoms with van der Waals surface area (Å²) in [5.41, 5.74) is 1.53. The summed E-state index contributed by atoms with van der Waals surface area (Å²) in [6.45, 7) is 0. The normalized spacial score (nSPS) is 10.1. The Morgan fingerprint density at radius 3 is 2.67 bits per heavy atom. The SMILES string of the molecule is O=C(O)c1ccc(Nc2ccc(Cl)cc2Br)cn1. The highest BCUT2D eigenvalue weighted by Gasteiger charge is 2.05. The molecule has 1 aromatic carbocycles. The molecule has 1 heterocycles. The Morgan fingerprint density at radius 1 is 1.33 bits per heavy atom. The molecule has 0 aliphatic carbocycles. The van der Waals surface area contributed by atoms with Crippen LogP contribution in [0.2, 0.25) is 5.02 Å². The summed E-state index contributed by atoms with van der Waals surface area (Å²) in [6.07, 6.45) is 1.46. The summed E-state index contributed by atoms with van der Waals surface area (Å²) >= 11 is 9.22. The molecule has 2 aromatic rings. The number of aromatic carboxylic acids is 1. The number of benzene rings is 1.